The number of rotatable bonds is 5. The molecule has 0 saturated carbocycles. The fraction of sp³-hybridized carbons (Fsp3) is 0.850. The number of ketones is 1. The van der Waals surface area contributed by atoms with Gasteiger partial charge in [0.1, 0.15) is 6.10 Å². The number of carbonyl (C=O) groups excluding carboxylic acids is 2. The molecule has 0 radical (unpaired) electrons. The van der Waals surface area contributed by atoms with Crippen LogP contribution in [0.5, 0.6) is 0 Å². The Morgan fingerprint density at radius 2 is 1.68 bits per heavy atom. The van der Waals surface area contributed by atoms with Crippen LogP contribution in [-0.4, -0.2) is 91.4 Å². The Morgan fingerprint density at radius 1 is 0.980 bits per heavy atom. The van der Waals surface area contributed by atoms with Crippen molar-refractivity contribution in [2.24, 2.45) is 29.6 Å². The van der Waals surface area contributed by atoms with Gasteiger partial charge >= 0.3 is 5.97 Å². The number of aliphatic hydroxyl groups excluding tert-OH is 4. The molecule has 0 aliphatic carbocycles. The summed E-state index contributed by atoms with van der Waals surface area (Å²) in [5.41, 5.74) is -0.709. The Morgan fingerprint density at radius 3 is 2.34 bits per heavy atom. The number of allylic oxidation sites excluding steroid dienone is 2. The normalized spacial score (nSPS) is 41.8. The zero-order chi connectivity index (χ0) is 37.4. The molecule has 2 fully saturated rings. The lowest BCUT2D eigenvalue weighted by Gasteiger charge is -2.51. The smallest absolute Gasteiger partial charge is 0.330 e. The fourth-order valence-corrected chi connectivity index (χ4v) is 7.65. The van der Waals surface area contributed by atoms with Gasteiger partial charge in [-0.05, 0) is 69.3 Å². The molecular weight excluding hydrogens is 640 g/mol. The van der Waals surface area contributed by atoms with Gasteiger partial charge in [0.15, 0.2) is 11.6 Å². The molecule has 2 saturated heterocycles. The molecule has 288 valence electrons. The summed E-state index contributed by atoms with van der Waals surface area (Å²) in [5.74, 6) is -2.69. The van der Waals surface area contributed by atoms with E-state index in [-0.39, 0.29) is 42.5 Å². The van der Waals surface area contributed by atoms with E-state index in [4.69, 9.17) is 14.2 Å². The van der Waals surface area contributed by atoms with Gasteiger partial charge in [-0.1, -0.05) is 67.0 Å². The summed E-state index contributed by atoms with van der Waals surface area (Å²) in [5, 5.41) is 54.3. The molecule has 3 heterocycles. The quantitative estimate of drug-likeness (QED) is 0.229. The molecule has 50 heavy (non-hydrogen) atoms. The van der Waals surface area contributed by atoms with Crippen LogP contribution >= 0.6 is 0 Å². The first kappa shape index (κ1) is 42.8. The van der Waals surface area contributed by atoms with Crippen LogP contribution in [0.1, 0.15) is 132 Å². The van der Waals surface area contributed by atoms with Gasteiger partial charge in [-0.3, -0.25) is 4.79 Å². The molecule has 0 aromatic rings. The lowest BCUT2D eigenvalue weighted by Crippen LogP contribution is -2.57. The number of esters is 1. The lowest BCUT2D eigenvalue weighted by molar-refractivity contribution is -0.346. The van der Waals surface area contributed by atoms with Gasteiger partial charge in [0.2, 0.25) is 0 Å². The van der Waals surface area contributed by atoms with Gasteiger partial charge in [0.05, 0.1) is 42.2 Å². The fourth-order valence-electron chi connectivity index (χ4n) is 7.65. The van der Waals surface area contributed by atoms with Crippen molar-refractivity contribution in [3.63, 3.8) is 0 Å². The first-order valence-corrected chi connectivity index (χ1v) is 19.3. The van der Waals surface area contributed by atoms with Crippen LogP contribution in [0.3, 0.4) is 0 Å². The van der Waals surface area contributed by atoms with E-state index in [1.54, 1.807) is 26.8 Å². The summed E-state index contributed by atoms with van der Waals surface area (Å²) in [7, 11) is 0. The minimum absolute atomic E-state index is 0.0183. The Kier molecular flexibility index (Phi) is 16.2. The highest BCUT2D eigenvalue weighted by atomic mass is 16.7. The predicted octanol–water partition coefficient (Wildman–Crippen LogP) is 5.55. The number of aliphatic hydroxyl groups is 5. The highest BCUT2D eigenvalue weighted by Gasteiger charge is 2.52. The van der Waals surface area contributed by atoms with Gasteiger partial charge in [-0.15, -0.1) is 0 Å². The second-order valence-corrected chi connectivity index (χ2v) is 16.5. The molecule has 10 heteroatoms. The van der Waals surface area contributed by atoms with Crippen LogP contribution in [0.2, 0.25) is 0 Å². The summed E-state index contributed by atoms with van der Waals surface area (Å²) in [6, 6.07) is 0. The summed E-state index contributed by atoms with van der Waals surface area (Å²) < 4.78 is 19.5. The molecule has 2 bridgehead atoms. The average Bonchev–Trinajstić information content (AvgIpc) is 3.05. The average molecular weight is 709 g/mol. The Balaban J connectivity index is 1.96. The maximum Gasteiger partial charge on any atom is 0.330 e. The largest absolute Gasteiger partial charge is 0.459 e. The lowest BCUT2D eigenvalue weighted by atomic mass is 9.80. The predicted molar refractivity (Wildman–Crippen MR) is 192 cm³/mol. The standard InChI is InChI=1S/C40H68O10/c1-9-30(41)20-33-25(4)16-18-40(49-33)23-35-28(7)34(50-40)21-32(43)29(19-24(2)3)13-11-10-12-17-39(8,47)36(44)22-31(42)27(6)38(46)26(5)14-15-37(45)48-35/h13-15,24-28,30-31,33-36,38,41-42,44,46-47H,9-12,16-23H2,1-8H3/b15-14+,29-13?. The van der Waals surface area contributed by atoms with E-state index in [1.165, 1.54) is 6.08 Å². The van der Waals surface area contributed by atoms with Crippen LogP contribution in [0.25, 0.3) is 0 Å². The molecule has 3 aliphatic heterocycles. The van der Waals surface area contributed by atoms with Crippen molar-refractivity contribution >= 4 is 11.8 Å². The molecule has 3 rings (SSSR count). The van der Waals surface area contributed by atoms with Crippen molar-refractivity contribution in [3.8, 4) is 0 Å². The van der Waals surface area contributed by atoms with Crippen molar-refractivity contribution in [1.29, 1.82) is 0 Å². The monoisotopic (exact) mass is 708 g/mol. The van der Waals surface area contributed by atoms with E-state index in [2.05, 4.69) is 20.8 Å². The first-order chi connectivity index (χ1) is 23.4. The van der Waals surface area contributed by atoms with Crippen LogP contribution in [0.4, 0.5) is 0 Å². The number of carbonyl (C=O) groups is 2. The molecule has 0 amide bonds. The molecular formula is C40H68O10. The van der Waals surface area contributed by atoms with Gasteiger partial charge < -0.3 is 39.7 Å². The number of fused-ring (bicyclic) bond motifs is 2. The molecule has 3 aliphatic rings. The van der Waals surface area contributed by atoms with E-state index in [0.29, 0.717) is 57.8 Å². The second-order valence-electron chi connectivity index (χ2n) is 16.5. The van der Waals surface area contributed by atoms with Crippen molar-refractivity contribution < 1.29 is 49.3 Å². The Labute approximate surface area is 300 Å². The second kappa shape index (κ2) is 18.9. The zero-order valence-electron chi connectivity index (χ0n) is 31.9. The van der Waals surface area contributed by atoms with E-state index in [1.807, 2.05) is 19.9 Å². The topological polar surface area (TPSA) is 163 Å². The maximum atomic E-state index is 14.0. The van der Waals surface area contributed by atoms with E-state index in [0.717, 1.165) is 12.0 Å². The number of ether oxygens (including phenoxy) is 3. The van der Waals surface area contributed by atoms with Crippen LogP contribution in [0, 0.1) is 29.6 Å². The van der Waals surface area contributed by atoms with E-state index >= 15 is 0 Å². The molecule has 10 nitrogen and oxygen atoms in total. The summed E-state index contributed by atoms with van der Waals surface area (Å²) >= 11 is 0. The summed E-state index contributed by atoms with van der Waals surface area (Å²) in [6.45, 7) is 15.1. The number of Topliss-reactive ketones (excluding diaryl/α,β-unsaturated/α-hetero) is 1. The van der Waals surface area contributed by atoms with Crippen molar-refractivity contribution in [2.45, 2.75) is 187 Å². The molecule has 5 N–H and O–H groups in total. The zero-order valence-corrected chi connectivity index (χ0v) is 31.9. The molecule has 1 spiro atoms. The van der Waals surface area contributed by atoms with Crippen LogP contribution < -0.4 is 0 Å². The minimum atomic E-state index is -1.44. The first-order valence-electron chi connectivity index (χ1n) is 19.3. The maximum absolute atomic E-state index is 14.0. The Bertz CT molecular complexity index is 1150. The molecule has 0 aromatic carbocycles. The van der Waals surface area contributed by atoms with Crippen molar-refractivity contribution in [2.75, 3.05) is 0 Å². The Hall–Kier alpha value is -1.66. The third kappa shape index (κ3) is 11.9. The molecule has 13 unspecified atom stereocenters. The number of hydrogen-bond acceptors (Lipinski definition) is 10. The van der Waals surface area contributed by atoms with Gasteiger partial charge in [0.25, 0.3) is 0 Å². The third-order valence-electron chi connectivity index (χ3n) is 11.6. The molecule has 13 atom stereocenters. The van der Waals surface area contributed by atoms with E-state index in [9.17, 15) is 35.1 Å². The van der Waals surface area contributed by atoms with Crippen molar-refractivity contribution in [3.05, 3.63) is 23.8 Å². The SMILES string of the molecule is CCC(O)CC1OC2(CCC1C)CC1OC(=O)/C=C/C(C)C(O)C(C)C(O)CC(O)C(C)(O)CCCCC=C(CC(C)C)C(=O)CC(O2)C1C. The molecule has 0 aromatic heterocycles. The van der Waals surface area contributed by atoms with E-state index < -0.39 is 65.8 Å². The van der Waals surface area contributed by atoms with Gasteiger partial charge in [0, 0.05) is 49.5 Å². The van der Waals surface area contributed by atoms with Crippen LogP contribution in [-0.2, 0) is 23.8 Å². The summed E-state index contributed by atoms with van der Waals surface area (Å²) in [4.78, 5) is 27.3. The highest BCUT2D eigenvalue weighted by molar-refractivity contribution is 5.95. The van der Waals surface area contributed by atoms with Gasteiger partial charge in [-0.2, -0.15) is 0 Å². The third-order valence-corrected chi connectivity index (χ3v) is 11.6. The van der Waals surface area contributed by atoms with Gasteiger partial charge in [-0.25, -0.2) is 4.79 Å². The highest BCUT2D eigenvalue weighted by Crippen LogP contribution is 2.45. The van der Waals surface area contributed by atoms with Crippen LogP contribution in [0.15, 0.2) is 23.8 Å². The summed E-state index contributed by atoms with van der Waals surface area (Å²) in [6.07, 6.45) is 5.21. The number of hydrogen-bond donors (Lipinski definition) is 5. The van der Waals surface area contributed by atoms with Crippen molar-refractivity contribution in [1.82, 2.24) is 0 Å². The minimum Gasteiger partial charge on any atom is -0.459 e.